The van der Waals surface area contributed by atoms with Crippen molar-refractivity contribution < 1.29 is 0 Å². The second-order valence-electron chi connectivity index (χ2n) is 12.3. The molecule has 0 atom stereocenters. The second-order valence-corrected chi connectivity index (χ2v) is 12.3. The molecule has 1 aromatic heterocycles. The highest BCUT2D eigenvalue weighted by Crippen LogP contribution is 2.33. The minimum absolute atomic E-state index is 0.737. The van der Waals surface area contributed by atoms with Crippen molar-refractivity contribution in [1.82, 2.24) is 9.97 Å². The van der Waals surface area contributed by atoms with Crippen molar-refractivity contribution in [3.8, 4) is 33.9 Å². The summed E-state index contributed by atoms with van der Waals surface area (Å²) in [5.41, 5.74) is 15.6. The monoisotopic (exact) mass is 682 g/mol. The van der Waals surface area contributed by atoms with Crippen LogP contribution in [0.2, 0.25) is 0 Å². The molecule has 5 aromatic carbocycles. The molecule has 0 radical (unpaired) electrons. The van der Waals surface area contributed by atoms with Gasteiger partial charge in [-0.05, 0) is 75.4 Å². The summed E-state index contributed by atoms with van der Waals surface area (Å²) in [7, 11) is 0. The van der Waals surface area contributed by atoms with Crippen LogP contribution in [0.15, 0.2) is 151 Å². The fraction of sp³-hybridized carbons (Fsp3) is 0.167. The maximum absolute atomic E-state index is 5.00. The van der Waals surface area contributed by atoms with Crippen LogP contribution in [0.25, 0.3) is 45.2 Å². The van der Waals surface area contributed by atoms with Crippen LogP contribution in [0.3, 0.4) is 0 Å². The number of allylic oxidation sites excluding steroid dienone is 1. The molecule has 4 nitrogen and oxygen atoms in total. The number of nitrogens with zero attached hydrogens (tertiary/aromatic N) is 4. The van der Waals surface area contributed by atoms with E-state index in [9.17, 15) is 0 Å². The number of aryl methyl sites for hydroxylation is 2. The van der Waals surface area contributed by atoms with Gasteiger partial charge in [-0.15, -0.1) is 0 Å². The van der Waals surface area contributed by atoms with Crippen molar-refractivity contribution in [2.24, 2.45) is 9.98 Å². The lowest BCUT2D eigenvalue weighted by Crippen LogP contribution is -2.01. The highest BCUT2D eigenvalue weighted by Gasteiger charge is 2.16. The number of hydrogen-bond donors (Lipinski definition) is 0. The van der Waals surface area contributed by atoms with Gasteiger partial charge >= 0.3 is 0 Å². The number of benzene rings is 5. The first kappa shape index (κ1) is 38.8. The van der Waals surface area contributed by atoms with E-state index in [0.717, 1.165) is 84.4 Å². The van der Waals surface area contributed by atoms with E-state index < -0.39 is 0 Å². The molecule has 6 rings (SSSR count). The lowest BCUT2D eigenvalue weighted by Gasteiger charge is -2.15. The maximum atomic E-state index is 5.00. The molecule has 1 heterocycles. The van der Waals surface area contributed by atoms with Gasteiger partial charge in [-0.2, -0.15) is 0 Å². The van der Waals surface area contributed by atoms with Crippen molar-refractivity contribution in [3.05, 3.63) is 174 Å². The topological polar surface area (TPSA) is 50.5 Å². The molecule has 0 spiro atoms. The van der Waals surface area contributed by atoms with Crippen LogP contribution in [0.4, 0.5) is 5.69 Å². The number of hydrogen-bond acceptors (Lipinski definition) is 4. The number of aliphatic imine (C=N–C) groups is 2. The van der Waals surface area contributed by atoms with Crippen LogP contribution in [-0.4, -0.2) is 21.9 Å². The molecular weight excluding hydrogens is 633 g/mol. The Morgan fingerprint density at radius 3 is 1.79 bits per heavy atom. The first-order valence-electron chi connectivity index (χ1n) is 17.8. The van der Waals surface area contributed by atoms with E-state index in [1.54, 1.807) is 0 Å². The Morgan fingerprint density at radius 1 is 0.596 bits per heavy atom. The molecule has 0 saturated carbocycles. The van der Waals surface area contributed by atoms with Gasteiger partial charge in [0.25, 0.3) is 0 Å². The van der Waals surface area contributed by atoms with Crippen LogP contribution in [0, 0.1) is 20.8 Å². The largest absolute Gasteiger partial charge is 0.261 e. The van der Waals surface area contributed by atoms with Crippen molar-refractivity contribution in [3.63, 3.8) is 0 Å². The molecule has 0 fully saturated rings. The lowest BCUT2D eigenvalue weighted by atomic mass is 9.98. The van der Waals surface area contributed by atoms with E-state index in [0.29, 0.717) is 0 Å². The van der Waals surface area contributed by atoms with E-state index in [-0.39, 0.29) is 0 Å². The SMILES string of the molecule is C=C(C)c1ccc(-c2nc(-c3ccccc3)c(C)c(-c3ccccc3C)n2)cc1.C=C(N=C(C)c1ccc(C)c(N=CC)c1)c1ccccc1.CC. The molecular formula is C48H50N4. The molecule has 0 aliphatic carbocycles. The second kappa shape index (κ2) is 18.8. The van der Waals surface area contributed by atoms with Crippen molar-refractivity contribution in [2.75, 3.05) is 0 Å². The average Bonchev–Trinajstić information content (AvgIpc) is 3.18. The zero-order valence-corrected chi connectivity index (χ0v) is 31.9. The van der Waals surface area contributed by atoms with E-state index in [1.165, 1.54) is 5.56 Å². The summed E-state index contributed by atoms with van der Waals surface area (Å²) in [6.45, 7) is 24.3. The van der Waals surface area contributed by atoms with E-state index in [2.05, 4.69) is 123 Å². The Kier molecular flexibility index (Phi) is 14.1. The van der Waals surface area contributed by atoms with Crippen molar-refractivity contribution in [2.45, 2.75) is 55.4 Å². The molecule has 262 valence electrons. The minimum atomic E-state index is 0.737. The molecule has 0 aliphatic heterocycles. The summed E-state index contributed by atoms with van der Waals surface area (Å²) in [5, 5.41) is 0. The third kappa shape index (κ3) is 9.82. The minimum Gasteiger partial charge on any atom is -0.261 e. The fourth-order valence-corrected chi connectivity index (χ4v) is 5.60. The van der Waals surface area contributed by atoms with E-state index in [1.807, 2.05) is 89.4 Å². The predicted molar refractivity (Wildman–Crippen MR) is 227 cm³/mol. The average molecular weight is 683 g/mol. The van der Waals surface area contributed by atoms with Gasteiger partial charge in [-0.3, -0.25) is 9.98 Å². The Bertz CT molecular complexity index is 2170. The molecule has 0 aliphatic rings. The number of rotatable bonds is 8. The number of aromatic nitrogens is 2. The molecule has 4 heteroatoms. The summed E-state index contributed by atoms with van der Waals surface area (Å²) in [6.07, 6.45) is 1.81. The Morgan fingerprint density at radius 2 is 1.17 bits per heavy atom. The van der Waals surface area contributed by atoms with Crippen LogP contribution in [0.5, 0.6) is 0 Å². The van der Waals surface area contributed by atoms with Gasteiger partial charge in [0, 0.05) is 34.2 Å². The first-order valence-corrected chi connectivity index (χ1v) is 17.8. The molecule has 0 N–H and O–H groups in total. The normalized spacial score (nSPS) is 10.9. The molecule has 52 heavy (non-hydrogen) atoms. The predicted octanol–water partition coefficient (Wildman–Crippen LogP) is 13.4. The van der Waals surface area contributed by atoms with Gasteiger partial charge in [0.2, 0.25) is 0 Å². The molecule has 6 aromatic rings. The third-order valence-corrected chi connectivity index (χ3v) is 8.53. The summed E-state index contributed by atoms with van der Waals surface area (Å²) in [4.78, 5) is 19.0. The highest BCUT2D eigenvalue weighted by molar-refractivity contribution is 6.02. The van der Waals surface area contributed by atoms with Crippen molar-refractivity contribution in [1.29, 1.82) is 0 Å². The molecule has 0 amide bonds. The van der Waals surface area contributed by atoms with E-state index >= 15 is 0 Å². The summed E-state index contributed by atoms with van der Waals surface area (Å²) in [6, 6.07) is 43.2. The van der Waals surface area contributed by atoms with Gasteiger partial charge in [0.05, 0.1) is 22.8 Å². The van der Waals surface area contributed by atoms with Gasteiger partial charge in [-0.25, -0.2) is 9.97 Å². The van der Waals surface area contributed by atoms with Crippen LogP contribution in [0.1, 0.15) is 68.0 Å². The van der Waals surface area contributed by atoms with Crippen molar-refractivity contribution >= 4 is 28.9 Å². The standard InChI is InChI=1S/C27H24N2.C19H20N2.C2H6/c1-18(2)21-14-16-23(17-15-21)27-28-25(22-11-6-5-7-12-22)20(4)26(29-27)24-13-9-8-10-19(24)3;1-5-20-19-13-18(12-11-14(19)2)16(4)21-15(3)17-9-7-6-8-10-17;1-2/h5-17H,1H2,2-4H3;5-13H,3H2,1-2,4H3;1-2H3. The highest BCUT2D eigenvalue weighted by atomic mass is 14.9. The smallest absolute Gasteiger partial charge is 0.160 e. The molecule has 0 saturated heterocycles. The first-order chi connectivity index (χ1) is 25.2. The zero-order chi connectivity index (χ0) is 37.6. The third-order valence-electron chi connectivity index (χ3n) is 8.53. The Labute approximate surface area is 311 Å². The van der Waals surface area contributed by atoms with Crippen LogP contribution >= 0.6 is 0 Å². The van der Waals surface area contributed by atoms with Gasteiger partial charge in [0.1, 0.15) is 0 Å². The van der Waals surface area contributed by atoms with Gasteiger partial charge < -0.3 is 0 Å². The van der Waals surface area contributed by atoms with Crippen LogP contribution < -0.4 is 0 Å². The lowest BCUT2D eigenvalue weighted by molar-refractivity contribution is 1.14. The van der Waals surface area contributed by atoms with E-state index in [4.69, 9.17) is 9.97 Å². The molecule has 0 bridgehead atoms. The quantitative estimate of drug-likeness (QED) is 0.150. The van der Waals surface area contributed by atoms with Gasteiger partial charge in [0.15, 0.2) is 5.82 Å². The maximum Gasteiger partial charge on any atom is 0.160 e. The summed E-state index contributed by atoms with van der Waals surface area (Å²) in [5.74, 6) is 0.737. The van der Waals surface area contributed by atoms with Gasteiger partial charge in [-0.1, -0.05) is 154 Å². The Balaban J connectivity index is 0.000000233. The summed E-state index contributed by atoms with van der Waals surface area (Å²) >= 11 is 0. The summed E-state index contributed by atoms with van der Waals surface area (Å²) < 4.78 is 0. The fourth-order valence-electron chi connectivity index (χ4n) is 5.60. The van der Waals surface area contributed by atoms with Crippen LogP contribution in [-0.2, 0) is 0 Å². The zero-order valence-electron chi connectivity index (χ0n) is 31.9. The molecule has 0 unspecified atom stereocenters. The Hall–Kier alpha value is -6.00.